The number of nitrogens with one attached hydrogen (secondary N) is 1. The van der Waals surface area contributed by atoms with Crippen molar-refractivity contribution in [3.8, 4) is 5.75 Å². The fraction of sp³-hybridized carbons (Fsp3) is 0.520. The van der Waals surface area contributed by atoms with Crippen LogP contribution in [0.5, 0.6) is 5.75 Å². The van der Waals surface area contributed by atoms with Gasteiger partial charge in [-0.1, -0.05) is 26.0 Å². The number of allylic oxidation sites excluding steroid dienone is 2. The molecule has 2 aliphatic rings. The summed E-state index contributed by atoms with van der Waals surface area (Å²) in [7, 11) is 1.55. The maximum atomic E-state index is 13.7. The summed E-state index contributed by atoms with van der Waals surface area (Å²) in [6.07, 6.45) is 2.44. The fourth-order valence-electron chi connectivity index (χ4n) is 5.81. The van der Waals surface area contributed by atoms with E-state index in [0.29, 0.717) is 30.7 Å². The fourth-order valence-corrected chi connectivity index (χ4v) is 5.81. The Morgan fingerprint density at radius 2 is 1.77 bits per heavy atom. The lowest BCUT2D eigenvalue weighted by atomic mass is 9.39. The number of ketones is 1. The number of carbonyl (C=O) groups excluding carboxylic acids is 2. The van der Waals surface area contributed by atoms with E-state index in [1.165, 1.54) is 0 Å². The van der Waals surface area contributed by atoms with Crippen LogP contribution in [0, 0.1) is 22.2 Å². The summed E-state index contributed by atoms with van der Waals surface area (Å²) in [5.74, 6) is -1.66. The summed E-state index contributed by atoms with van der Waals surface area (Å²) in [5.41, 5.74) is -2.24. The smallest absolute Gasteiger partial charge is 0.237 e. The van der Waals surface area contributed by atoms with Gasteiger partial charge in [-0.05, 0) is 55.4 Å². The number of methoxy groups -OCH3 is 1. The van der Waals surface area contributed by atoms with Crippen molar-refractivity contribution in [1.82, 2.24) is 0 Å². The Hall–Kier alpha value is -2.44. The second-order valence-electron chi connectivity index (χ2n) is 9.47. The number of benzene rings is 1. The minimum absolute atomic E-state index is 0.251. The number of ether oxygens (including phenoxy) is 1. The van der Waals surface area contributed by atoms with Crippen LogP contribution in [0.15, 0.2) is 49.6 Å². The van der Waals surface area contributed by atoms with Gasteiger partial charge in [0, 0.05) is 11.1 Å². The number of rotatable bonds is 7. The molecule has 0 radical (unpaired) electrons. The van der Waals surface area contributed by atoms with Crippen molar-refractivity contribution in [3.05, 3.63) is 49.6 Å². The standard InChI is InChI=1S/C25H33NO5/c1-6-12-24-15-14-23(3,4)25(13-7-2,22(24)30)20(28)18(19(24)27)21(29)26-16-8-10-17(31-5)11-9-16/h6-11,18,20,22,28,30H,1-2,12-15H2,3-5H3,(H,26,29)/t18?,20?,22?,24-,25+/m1/s1. The molecule has 0 heterocycles. The number of anilines is 1. The lowest BCUT2D eigenvalue weighted by molar-refractivity contribution is -0.244. The third-order valence-electron chi connectivity index (χ3n) is 7.71. The molecule has 5 atom stereocenters. The Morgan fingerprint density at radius 1 is 1.16 bits per heavy atom. The largest absolute Gasteiger partial charge is 0.497 e. The Bertz CT molecular complexity index is 876. The highest BCUT2D eigenvalue weighted by molar-refractivity contribution is 6.10. The van der Waals surface area contributed by atoms with E-state index in [2.05, 4.69) is 18.5 Å². The molecule has 168 valence electrons. The van der Waals surface area contributed by atoms with Gasteiger partial charge in [0.15, 0.2) is 5.78 Å². The van der Waals surface area contributed by atoms with Gasteiger partial charge in [-0.2, -0.15) is 0 Å². The lowest BCUT2D eigenvalue weighted by Crippen LogP contribution is -2.73. The average Bonchev–Trinajstić information content (AvgIpc) is 2.73. The Labute approximate surface area is 184 Å². The molecule has 2 aliphatic carbocycles. The molecule has 0 aromatic heterocycles. The molecule has 1 aromatic rings. The zero-order valence-corrected chi connectivity index (χ0v) is 18.6. The SMILES string of the molecule is C=CC[C@@]12CCC(C)(C)[C@@](CC=C)(C(O)C(C(=O)Nc3ccc(OC)cc3)C1=O)C2O. The predicted molar refractivity (Wildman–Crippen MR) is 120 cm³/mol. The van der Waals surface area contributed by atoms with Gasteiger partial charge in [0.05, 0.1) is 24.7 Å². The summed E-state index contributed by atoms with van der Waals surface area (Å²) in [6.45, 7) is 11.6. The molecule has 2 saturated carbocycles. The van der Waals surface area contributed by atoms with Crippen molar-refractivity contribution < 1.29 is 24.5 Å². The molecular formula is C25H33NO5. The van der Waals surface area contributed by atoms with Crippen molar-refractivity contribution in [2.24, 2.45) is 22.2 Å². The number of hydrogen-bond donors (Lipinski definition) is 3. The Balaban J connectivity index is 2.07. The van der Waals surface area contributed by atoms with E-state index in [9.17, 15) is 19.8 Å². The first-order valence-corrected chi connectivity index (χ1v) is 10.7. The zero-order valence-electron chi connectivity index (χ0n) is 18.6. The molecule has 0 aliphatic heterocycles. The molecule has 31 heavy (non-hydrogen) atoms. The molecule has 3 N–H and O–H groups in total. The number of carbonyl (C=O) groups is 2. The molecule has 6 nitrogen and oxygen atoms in total. The molecule has 6 heteroatoms. The van der Waals surface area contributed by atoms with E-state index in [0.717, 1.165) is 0 Å². The van der Waals surface area contributed by atoms with Crippen LogP contribution in [-0.4, -0.2) is 41.2 Å². The van der Waals surface area contributed by atoms with Gasteiger partial charge < -0.3 is 20.3 Å². The monoisotopic (exact) mass is 427 g/mol. The van der Waals surface area contributed by atoms with Crippen molar-refractivity contribution in [3.63, 3.8) is 0 Å². The molecule has 2 fully saturated rings. The molecule has 0 spiro atoms. The predicted octanol–water partition coefficient (Wildman–Crippen LogP) is 3.50. The van der Waals surface area contributed by atoms with Gasteiger partial charge in [-0.25, -0.2) is 0 Å². The van der Waals surface area contributed by atoms with Gasteiger partial charge >= 0.3 is 0 Å². The highest BCUT2D eigenvalue weighted by Crippen LogP contribution is 2.65. The summed E-state index contributed by atoms with van der Waals surface area (Å²) >= 11 is 0. The maximum Gasteiger partial charge on any atom is 0.237 e. The Morgan fingerprint density at radius 3 is 2.32 bits per heavy atom. The molecule has 2 bridgehead atoms. The van der Waals surface area contributed by atoms with Crippen LogP contribution in [0.2, 0.25) is 0 Å². The van der Waals surface area contributed by atoms with E-state index in [-0.39, 0.29) is 6.42 Å². The average molecular weight is 428 g/mol. The normalized spacial score (nSPS) is 34.0. The lowest BCUT2D eigenvalue weighted by Gasteiger charge is -2.65. The van der Waals surface area contributed by atoms with E-state index in [4.69, 9.17) is 4.74 Å². The van der Waals surface area contributed by atoms with Crippen LogP contribution in [0.3, 0.4) is 0 Å². The van der Waals surface area contributed by atoms with Crippen LogP contribution in [0.4, 0.5) is 5.69 Å². The highest BCUT2D eigenvalue weighted by atomic mass is 16.5. The molecule has 1 aromatic carbocycles. The third kappa shape index (κ3) is 3.33. The van der Waals surface area contributed by atoms with Crippen LogP contribution >= 0.6 is 0 Å². The first-order valence-electron chi connectivity index (χ1n) is 10.7. The number of hydrogen-bond acceptors (Lipinski definition) is 5. The van der Waals surface area contributed by atoms with Crippen molar-refractivity contribution in [2.45, 2.75) is 51.7 Å². The van der Waals surface area contributed by atoms with E-state index >= 15 is 0 Å². The third-order valence-corrected chi connectivity index (χ3v) is 7.71. The summed E-state index contributed by atoms with van der Waals surface area (Å²) in [6, 6.07) is 6.76. The first-order chi connectivity index (χ1) is 14.6. The van der Waals surface area contributed by atoms with Gasteiger partial charge in [0.25, 0.3) is 0 Å². The highest BCUT2D eigenvalue weighted by Gasteiger charge is 2.72. The molecule has 1 amide bonds. The number of aliphatic hydroxyl groups excluding tert-OH is 2. The zero-order chi connectivity index (χ0) is 23.0. The minimum atomic E-state index is -1.35. The van der Waals surface area contributed by atoms with Crippen molar-refractivity contribution >= 4 is 17.4 Å². The Kier molecular flexibility index (Phi) is 6.18. The summed E-state index contributed by atoms with van der Waals surface area (Å²) in [5, 5.41) is 25.8. The number of Topliss-reactive ketones (excluding diaryl/α,β-unsaturated/α-hetero) is 1. The van der Waals surface area contributed by atoms with Crippen molar-refractivity contribution in [1.29, 1.82) is 0 Å². The second-order valence-corrected chi connectivity index (χ2v) is 9.47. The maximum absolute atomic E-state index is 13.7. The van der Waals surface area contributed by atoms with Gasteiger partial charge in [0.2, 0.25) is 5.91 Å². The molecule has 3 rings (SSSR count). The molecular weight excluding hydrogens is 394 g/mol. The van der Waals surface area contributed by atoms with Crippen LogP contribution in [0.25, 0.3) is 0 Å². The summed E-state index contributed by atoms with van der Waals surface area (Å²) in [4.78, 5) is 27.0. The number of fused-ring (bicyclic) bond motifs is 2. The topological polar surface area (TPSA) is 95.9 Å². The quantitative estimate of drug-likeness (QED) is 0.457. The minimum Gasteiger partial charge on any atom is -0.497 e. The molecule has 3 unspecified atom stereocenters. The van der Waals surface area contributed by atoms with Gasteiger partial charge in [-0.15, -0.1) is 13.2 Å². The van der Waals surface area contributed by atoms with E-state index in [1.807, 2.05) is 13.8 Å². The van der Waals surface area contributed by atoms with Crippen LogP contribution in [0.1, 0.15) is 39.5 Å². The van der Waals surface area contributed by atoms with Gasteiger partial charge in [0.1, 0.15) is 11.7 Å². The van der Waals surface area contributed by atoms with Crippen molar-refractivity contribution in [2.75, 3.05) is 12.4 Å². The molecule has 0 saturated heterocycles. The van der Waals surface area contributed by atoms with E-state index < -0.39 is 46.1 Å². The van der Waals surface area contributed by atoms with Gasteiger partial charge in [-0.3, -0.25) is 9.59 Å². The number of amides is 1. The van der Waals surface area contributed by atoms with Crippen LogP contribution in [-0.2, 0) is 9.59 Å². The number of aliphatic hydroxyl groups is 2. The first kappa shape index (κ1) is 23.2. The van der Waals surface area contributed by atoms with E-state index in [1.54, 1.807) is 43.5 Å². The summed E-state index contributed by atoms with van der Waals surface area (Å²) < 4.78 is 5.14. The van der Waals surface area contributed by atoms with Crippen LogP contribution < -0.4 is 10.1 Å². The second kappa shape index (κ2) is 8.24.